The van der Waals surface area contributed by atoms with E-state index in [0.29, 0.717) is 6.42 Å². The number of ketones is 1. The van der Waals surface area contributed by atoms with Gasteiger partial charge in [0.1, 0.15) is 0 Å². The molecule has 0 aromatic heterocycles. The molecule has 1 unspecified atom stereocenters. The molecule has 32 heavy (non-hydrogen) atoms. The third kappa shape index (κ3) is 3.40. The second-order valence-electron chi connectivity index (χ2n) is 9.90. The average Bonchev–Trinajstić information content (AvgIpc) is 2.78. The van der Waals surface area contributed by atoms with E-state index in [1.807, 2.05) is 0 Å². The maximum Gasteiger partial charge on any atom is 0.162 e. The number of anilines is 2. The minimum atomic E-state index is -0.0401. The number of Topliss-reactive ketones (excluding diaryl/α,β-unsaturated/α-hetero) is 1. The molecule has 1 N–H and O–H groups in total. The fourth-order valence-corrected chi connectivity index (χ4v) is 5.60. The standard InChI is InChI=1S/C29H32N2O/c1-5-31(6-2)21-14-11-20(12-15-21)26-27-22-10-8-7-9-19(22)13-16-23(27)30-24-17-29(3,4)18-25(32)28(24)26/h7-16,26,30H,5-6,17-18H2,1-4H3. The van der Waals surface area contributed by atoms with Crippen LogP contribution in [-0.2, 0) is 4.79 Å². The van der Waals surface area contributed by atoms with Gasteiger partial charge in [0.15, 0.2) is 5.78 Å². The van der Waals surface area contributed by atoms with Crippen molar-refractivity contribution in [3.05, 3.63) is 83.1 Å². The Labute approximate surface area is 191 Å². The van der Waals surface area contributed by atoms with Gasteiger partial charge < -0.3 is 10.2 Å². The van der Waals surface area contributed by atoms with Crippen molar-refractivity contribution in [1.82, 2.24) is 0 Å². The van der Waals surface area contributed by atoms with Crippen molar-refractivity contribution in [2.24, 2.45) is 5.41 Å². The van der Waals surface area contributed by atoms with Crippen molar-refractivity contribution in [3.8, 4) is 0 Å². The summed E-state index contributed by atoms with van der Waals surface area (Å²) in [4.78, 5) is 15.9. The van der Waals surface area contributed by atoms with E-state index in [4.69, 9.17) is 0 Å². The van der Waals surface area contributed by atoms with Crippen LogP contribution in [0.2, 0.25) is 0 Å². The van der Waals surface area contributed by atoms with Crippen LogP contribution in [0.15, 0.2) is 71.9 Å². The van der Waals surface area contributed by atoms with E-state index in [9.17, 15) is 4.79 Å². The first-order chi connectivity index (χ1) is 15.4. The Hall–Kier alpha value is -3.07. The number of rotatable bonds is 4. The van der Waals surface area contributed by atoms with Crippen molar-refractivity contribution in [3.63, 3.8) is 0 Å². The molecule has 1 heterocycles. The third-order valence-electron chi connectivity index (χ3n) is 7.11. The summed E-state index contributed by atoms with van der Waals surface area (Å²) in [5.74, 6) is 0.238. The van der Waals surface area contributed by atoms with Gasteiger partial charge in [-0.1, -0.05) is 56.3 Å². The molecule has 5 rings (SSSR count). The third-order valence-corrected chi connectivity index (χ3v) is 7.11. The van der Waals surface area contributed by atoms with Crippen LogP contribution in [0.3, 0.4) is 0 Å². The SMILES string of the molecule is CCN(CC)c1ccc(C2C3=C(CC(C)(C)CC3=O)Nc3ccc4ccccc4c32)cc1. The lowest BCUT2D eigenvalue weighted by Crippen LogP contribution is -2.34. The minimum Gasteiger partial charge on any atom is -0.372 e. The van der Waals surface area contributed by atoms with Crippen molar-refractivity contribution in [1.29, 1.82) is 0 Å². The molecule has 164 valence electrons. The number of hydrogen-bond acceptors (Lipinski definition) is 3. The summed E-state index contributed by atoms with van der Waals surface area (Å²) in [6.07, 6.45) is 1.50. The summed E-state index contributed by atoms with van der Waals surface area (Å²) in [5.41, 5.74) is 6.83. The first-order valence-corrected chi connectivity index (χ1v) is 11.8. The van der Waals surface area contributed by atoms with Gasteiger partial charge in [-0.25, -0.2) is 0 Å². The Bertz CT molecular complexity index is 1220. The molecule has 1 aliphatic heterocycles. The van der Waals surface area contributed by atoms with Crippen LogP contribution in [0.25, 0.3) is 10.8 Å². The number of hydrogen-bond donors (Lipinski definition) is 1. The van der Waals surface area contributed by atoms with E-state index in [0.717, 1.165) is 36.5 Å². The van der Waals surface area contributed by atoms with E-state index in [1.54, 1.807) is 0 Å². The molecular formula is C29H32N2O. The normalized spacial score (nSPS) is 19.4. The molecule has 0 saturated heterocycles. The topological polar surface area (TPSA) is 32.3 Å². The van der Waals surface area contributed by atoms with Crippen LogP contribution in [0, 0.1) is 5.41 Å². The Morgan fingerprint density at radius 3 is 2.38 bits per heavy atom. The first-order valence-electron chi connectivity index (χ1n) is 11.8. The highest BCUT2D eigenvalue weighted by Gasteiger charge is 2.41. The average molecular weight is 425 g/mol. The number of nitrogens with one attached hydrogen (secondary N) is 1. The lowest BCUT2D eigenvalue weighted by molar-refractivity contribution is -0.118. The van der Waals surface area contributed by atoms with Gasteiger partial charge in [0.2, 0.25) is 0 Å². The molecule has 3 aromatic carbocycles. The van der Waals surface area contributed by atoms with Crippen molar-refractivity contribution in [2.45, 2.75) is 46.5 Å². The maximum atomic E-state index is 13.5. The van der Waals surface area contributed by atoms with E-state index in [-0.39, 0.29) is 17.1 Å². The molecule has 0 spiro atoms. The second-order valence-corrected chi connectivity index (χ2v) is 9.90. The van der Waals surface area contributed by atoms with Crippen molar-refractivity contribution < 1.29 is 4.79 Å². The molecule has 0 fully saturated rings. The molecule has 0 saturated carbocycles. The van der Waals surface area contributed by atoms with Gasteiger partial charge >= 0.3 is 0 Å². The Kier molecular flexibility index (Phi) is 5.08. The van der Waals surface area contributed by atoms with Crippen LogP contribution in [0.5, 0.6) is 0 Å². The maximum absolute atomic E-state index is 13.5. The molecule has 3 nitrogen and oxygen atoms in total. The molecule has 3 aromatic rings. The predicted octanol–water partition coefficient (Wildman–Crippen LogP) is 6.89. The van der Waals surface area contributed by atoms with Gasteiger partial charge in [0.25, 0.3) is 0 Å². The number of carbonyl (C=O) groups excluding carboxylic acids is 1. The lowest BCUT2D eigenvalue weighted by Gasteiger charge is -2.40. The summed E-state index contributed by atoms with van der Waals surface area (Å²) in [7, 11) is 0. The zero-order valence-electron chi connectivity index (χ0n) is 19.5. The highest BCUT2D eigenvalue weighted by Crippen LogP contribution is 2.50. The van der Waals surface area contributed by atoms with E-state index in [2.05, 4.69) is 98.6 Å². The highest BCUT2D eigenvalue weighted by molar-refractivity contribution is 6.04. The van der Waals surface area contributed by atoms with E-state index < -0.39 is 0 Å². The first kappa shape index (κ1) is 20.8. The van der Waals surface area contributed by atoms with Gasteiger partial charge in [-0.15, -0.1) is 0 Å². The number of fused-ring (bicyclic) bond motifs is 3. The van der Waals surface area contributed by atoms with E-state index >= 15 is 0 Å². The quantitative estimate of drug-likeness (QED) is 0.495. The van der Waals surface area contributed by atoms with Gasteiger partial charge in [-0.3, -0.25) is 4.79 Å². The lowest BCUT2D eigenvalue weighted by atomic mass is 9.68. The summed E-state index contributed by atoms with van der Waals surface area (Å²) < 4.78 is 0. The fourth-order valence-electron chi connectivity index (χ4n) is 5.60. The van der Waals surface area contributed by atoms with Crippen LogP contribution in [0.4, 0.5) is 11.4 Å². The molecule has 3 heteroatoms. The largest absolute Gasteiger partial charge is 0.372 e. The zero-order chi connectivity index (χ0) is 22.5. The molecule has 0 amide bonds. The fraction of sp³-hybridized carbons (Fsp3) is 0.345. The van der Waals surface area contributed by atoms with Crippen LogP contribution in [0.1, 0.15) is 57.6 Å². The van der Waals surface area contributed by atoms with Crippen molar-refractivity contribution >= 4 is 27.9 Å². The summed E-state index contributed by atoms with van der Waals surface area (Å²) in [5, 5.41) is 6.11. The predicted molar refractivity (Wildman–Crippen MR) is 134 cm³/mol. The molecule has 0 bridgehead atoms. The molecule has 1 aliphatic carbocycles. The number of benzene rings is 3. The number of nitrogens with zero attached hydrogens (tertiary/aromatic N) is 1. The van der Waals surface area contributed by atoms with Crippen LogP contribution < -0.4 is 10.2 Å². The second kappa shape index (κ2) is 7.81. The van der Waals surface area contributed by atoms with Gasteiger partial charge in [0, 0.05) is 48.1 Å². The number of allylic oxidation sites excluding steroid dienone is 2. The van der Waals surface area contributed by atoms with E-state index in [1.165, 1.54) is 27.6 Å². The van der Waals surface area contributed by atoms with Crippen molar-refractivity contribution in [2.75, 3.05) is 23.3 Å². The highest BCUT2D eigenvalue weighted by atomic mass is 16.1. The molecule has 0 radical (unpaired) electrons. The van der Waals surface area contributed by atoms with Gasteiger partial charge in [-0.2, -0.15) is 0 Å². The smallest absolute Gasteiger partial charge is 0.162 e. The molecule has 2 aliphatic rings. The van der Waals surface area contributed by atoms with Gasteiger partial charge in [0.05, 0.1) is 0 Å². The number of carbonyl (C=O) groups is 1. The van der Waals surface area contributed by atoms with Crippen LogP contribution >= 0.6 is 0 Å². The van der Waals surface area contributed by atoms with Gasteiger partial charge in [-0.05, 0) is 65.8 Å². The summed E-state index contributed by atoms with van der Waals surface area (Å²) in [6.45, 7) is 10.7. The Balaban J connectivity index is 1.72. The Morgan fingerprint density at radius 1 is 0.938 bits per heavy atom. The summed E-state index contributed by atoms with van der Waals surface area (Å²) >= 11 is 0. The Morgan fingerprint density at radius 2 is 1.66 bits per heavy atom. The molecular weight excluding hydrogens is 392 g/mol. The minimum absolute atomic E-state index is 0.0194. The monoisotopic (exact) mass is 424 g/mol. The molecule has 1 atom stereocenters. The van der Waals surface area contributed by atoms with Crippen LogP contribution in [-0.4, -0.2) is 18.9 Å². The zero-order valence-corrected chi connectivity index (χ0v) is 19.5. The summed E-state index contributed by atoms with van der Waals surface area (Å²) in [6, 6.07) is 21.8.